The predicted molar refractivity (Wildman–Crippen MR) is 134 cm³/mol. The Bertz CT molecular complexity index is 822. The van der Waals surface area contributed by atoms with Crippen LogP contribution in [0.5, 0.6) is 0 Å². The maximum absolute atomic E-state index is 12.8. The first-order chi connectivity index (χ1) is 14.9. The molecule has 0 bridgehead atoms. The summed E-state index contributed by atoms with van der Waals surface area (Å²) in [5, 5.41) is 0. The van der Waals surface area contributed by atoms with Crippen LogP contribution in [0.1, 0.15) is 119 Å². The van der Waals surface area contributed by atoms with E-state index in [1.54, 1.807) is 0 Å². The summed E-state index contributed by atoms with van der Waals surface area (Å²) in [6.45, 7) is 21.4. The van der Waals surface area contributed by atoms with Crippen LogP contribution in [0.25, 0.3) is 0 Å². The Morgan fingerprint density at radius 1 is 0.906 bits per heavy atom. The van der Waals surface area contributed by atoms with Gasteiger partial charge < -0.3 is 0 Å². The standard InChI is InChI=1S/C31H50O/c1-20(2)21(3)9-10-22(4)23-13-15-29(8)25-12-11-24-27(5,6)26(32)14-16-30(24)19-31(25,30)18-17-28(23,29)7/h21-25H,1,9-19H2,2-8H3/t21-,22?,23+,24?,25?,28+,29-,30+,31-/m0/s1. The van der Waals surface area contributed by atoms with E-state index >= 15 is 0 Å². The Balaban J connectivity index is 1.39. The van der Waals surface area contributed by atoms with Gasteiger partial charge in [-0.25, -0.2) is 0 Å². The number of fused-ring (bicyclic) bond motifs is 2. The summed E-state index contributed by atoms with van der Waals surface area (Å²) >= 11 is 0. The van der Waals surface area contributed by atoms with E-state index in [0.29, 0.717) is 39.3 Å². The number of carbonyl (C=O) groups excluding carboxylic acids is 1. The molecule has 0 heterocycles. The zero-order chi connectivity index (χ0) is 23.3. The number of carbonyl (C=O) groups is 1. The molecule has 3 unspecified atom stereocenters. The van der Waals surface area contributed by atoms with Gasteiger partial charge in [-0.1, -0.05) is 53.7 Å². The molecule has 0 aromatic carbocycles. The molecule has 2 spiro atoms. The van der Waals surface area contributed by atoms with Crippen LogP contribution in [0.3, 0.4) is 0 Å². The lowest BCUT2D eigenvalue weighted by molar-refractivity contribution is -0.157. The van der Waals surface area contributed by atoms with Crippen LogP contribution in [0.4, 0.5) is 0 Å². The van der Waals surface area contributed by atoms with Gasteiger partial charge in [0.05, 0.1) is 0 Å². The van der Waals surface area contributed by atoms with Gasteiger partial charge in [-0.05, 0) is 122 Å². The molecule has 0 saturated heterocycles. The summed E-state index contributed by atoms with van der Waals surface area (Å²) in [5.41, 5.74) is 3.37. The Morgan fingerprint density at radius 2 is 1.56 bits per heavy atom. The van der Waals surface area contributed by atoms with E-state index in [1.165, 1.54) is 69.8 Å². The first kappa shape index (κ1) is 23.2. The predicted octanol–water partition coefficient (Wildman–Crippen LogP) is 8.62. The average molecular weight is 439 g/mol. The second-order valence-corrected chi connectivity index (χ2v) is 14.6. The molecule has 5 aliphatic rings. The molecule has 0 aromatic heterocycles. The number of ketones is 1. The van der Waals surface area contributed by atoms with Gasteiger partial charge in [-0.3, -0.25) is 4.79 Å². The molecule has 0 aromatic rings. The second kappa shape index (κ2) is 6.97. The lowest BCUT2D eigenvalue weighted by atomic mass is 9.42. The van der Waals surface area contributed by atoms with E-state index in [4.69, 9.17) is 0 Å². The summed E-state index contributed by atoms with van der Waals surface area (Å²) in [6, 6.07) is 0. The highest BCUT2D eigenvalue weighted by Gasteiger charge is 2.82. The Labute approximate surface area is 198 Å². The molecular weight excluding hydrogens is 388 g/mol. The lowest BCUT2D eigenvalue weighted by Crippen LogP contribution is -2.57. The fourth-order valence-corrected chi connectivity index (χ4v) is 11.1. The van der Waals surface area contributed by atoms with Gasteiger partial charge in [0.2, 0.25) is 0 Å². The minimum absolute atomic E-state index is 0.0823. The summed E-state index contributed by atoms with van der Waals surface area (Å²) < 4.78 is 0. The van der Waals surface area contributed by atoms with Crippen molar-refractivity contribution in [1.82, 2.24) is 0 Å². The fraction of sp³-hybridized carbons (Fsp3) is 0.903. The molecule has 9 atom stereocenters. The van der Waals surface area contributed by atoms with E-state index in [9.17, 15) is 4.79 Å². The van der Waals surface area contributed by atoms with Crippen LogP contribution in [0.15, 0.2) is 12.2 Å². The number of hydrogen-bond acceptors (Lipinski definition) is 1. The fourth-order valence-electron chi connectivity index (χ4n) is 11.1. The third kappa shape index (κ3) is 2.66. The summed E-state index contributed by atoms with van der Waals surface area (Å²) in [7, 11) is 0. The summed E-state index contributed by atoms with van der Waals surface area (Å²) in [6.07, 6.45) is 14.7. The maximum Gasteiger partial charge on any atom is 0.138 e. The molecule has 5 rings (SSSR count). The minimum Gasteiger partial charge on any atom is -0.299 e. The first-order valence-corrected chi connectivity index (χ1v) is 14.0. The largest absolute Gasteiger partial charge is 0.299 e. The molecule has 0 radical (unpaired) electrons. The van der Waals surface area contributed by atoms with Gasteiger partial charge >= 0.3 is 0 Å². The van der Waals surface area contributed by atoms with Crippen LogP contribution >= 0.6 is 0 Å². The molecule has 0 N–H and O–H groups in total. The quantitative estimate of drug-likeness (QED) is 0.393. The van der Waals surface area contributed by atoms with Gasteiger partial charge in [0.1, 0.15) is 5.78 Å². The summed E-state index contributed by atoms with van der Waals surface area (Å²) in [5.74, 6) is 4.49. The van der Waals surface area contributed by atoms with Crippen LogP contribution < -0.4 is 0 Å². The van der Waals surface area contributed by atoms with Crippen molar-refractivity contribution in [3.8, 4) is 0 Å². The summed E-state index contributed by atoms with van der Waals surface area (Å²) in [4.78, 5) is 12.8. The normalized spacial score (nSPS) is 50.5. The highest BCUT2D eigenvalue weighted by Crippen LogP contribution is 2.88. The van der Waals surface area contributed by atoms with Crippen molar-refractivity contribution in [1.29, 1.82) is 0 Å². The molecule has 0 aliphatic heterocycles. The molecule has 5 aliphatic carbocycles. The van der Waals surface area contributed by atoms with Gasteiger partial charge in [0, 0.05) is 11.8 Å². The molecule has 0 amide bonds. The molecule has 1 nitrogen and oxygen atoms in total. The van der Waals surface area contributed by atoms with E-state index in [-0.39, 0.29) is 5.41 Å². The zero-order valence-electron chi connectivity index (χ0n) is 22.3. The maximum atomic E-state index is 12.8. The molecule has 5 fully saturated rings. The highest BCUT2D eigenvalue weighted by atomic mass is 16.1. The van der Waals surface area contributed by atoms with Crippen molar-refractivity contribution in [3.05, 3.63) is 12.2 Å². The monoisotopic (exact) mass is 438 g/mol. The smallest absolute Gasteiger partial charge is 0.138 e. The van der Waals surface area contributed by atoms with Gasteiger partial charge in [-0.15, -0.1) is 0 Å². The second-order valence-electron chi connectivity index (χ2n) is 14.6. The topological polar surface area (TPSA) is 17.1 Å². The van der Waals surface area contributed by atoms with E-state index < -0.39 is 0 Å². The SMILES string of the molecule is C=C(C)[C@@H](C)CCC(C)[C@H]1CC[C@@]2(C)C3CCC4C(C)(C)C(=O)CC[C@@]45C[C@@]35CC[C@]12C. The van der Waals surface area contributed by atoms with E-state index in [1.807, 2.05) is 0 Å². The number of hydrogen-bond donors (Lipinski definition) is 0. The molecule has 180 valence electrons. The third-order valence-corrected chi connectivity index (χ3v) is 13.5. The third-order valence-electron chi connectivity index (χ3n) is 13.5. The lowest BCUT2D eigenvalue weighted by Gasteiger charge is -2.62. The Hall–Kier alpha value is -0.590. The molecular formula is C31H50O. The van der Waals surface area contributed by atoms with Crippen LogP contribution in [-0.4, -0.2) is 5.78 Å². The van der Waals surface area contributed by atoms with Crippen molar-refractivity contribution in [3.63, 3.8) is 0 Å². The Morgan fingerprint density at radius 3 is 2.25 bits per heavy atom. The zero-order valence-corrected chi connectivity index (χ0v) is 22.3. The number of rotatable bonds is 5. The van der Waals surface area contributed by atoms with Crippen LogP contribution in [-0.2, 0) is 4.79 Å². The average Bonchev–Trinajstić information content (AvgIpc) is 3.31. The van der Waals surface area contributed by atoms with Crippen LogP contribution in [0.2, 0.25) is 0 Å². The number of Topliss-reactive ketones (excluding diaryl/α,β-unsaturated/α-hetero) is 1. The van der Waals surface area contributed by atoms with Crippen LogP contribution in [0, 0.1) is 56.7 Å². The molecule has 1 heteroatoms. The number of allylic oxidation sites excluding steroid dienone is 1. The van der Waals surface area contributed by atoms with Crippen molar-refractivity contribution in [2.45, 2.75) is 119 Å². The van der Waals surface area contributed by atoms with Gasteiger partial charge in [0.15, 0.2) is 0 Å². The van der Waals surface area contributed by atoms with E-state index in [2.05, 4.69) is 55.0 Å². The van der Waals surface area contributed by atoms with Crippen molar-refractivity contribution in [2.24, 2.45) is 56.7 Å². The Kier molecular flexibility index (Phi) is 5.05. The molecule has 5 saturated carbocycles. The first-order valence-electron chi connectivity index (χ1n) is 14.0. The highest BCUT2D eigenvalue weighted by molar-refractivity contribution is 5.86. The van der Waals surface area contributed by atoms with Gasteiger partial charge in [0.25, 0.3) is 0 Å². The van der Waals surface area contributed by atoms with Crippen molar-refractivity contribution < 1.29 is 4.79 Å². The van der Waals surface area contributed by atoms with Crippen molar-refractivity contribution >= 4 is 5.78 Å². The molecule has 32 heavy (non-hydrogen) atoms. The van der Waals surface area contributed by atoms with E-state index in [0.717, 1.165) is 24.2 Å². The van der Waals surface area contributed by atoms with Crippen molar-refractivity contribution in [2.75, 3.05) is 0 Å². The van der Waals surface area contributed by atoms with Gasteiger partial charge in [-0.2, -0.15) is 0 Å². The minimum atomic E-state index is -0.0823.